The van der Waals surface area contributed by atoms with Crippen LogP contribution in [0.2, 0.25) is 0 Å². The minimum absolute atomic E-state index is 0.439. The molecule has 0 saturated carbocycles. The van der Waals surface area contributed by atoms with Gasteiger partial charge in [0.25, 0.3) is 0 Å². The minimum atomic E-state index is -0.439. The van der Waals surface area contributed by atoms with Crippen LogP contribution in [-0.2, 0) is 5.41 Å². The van der Waals surface area contributed by atoms with Gasteiger partial charge in [-0.2, -0.15) is 0 Å². The number of rotatable bonds is 5. The highest BCUT2D eigenvalue weighted by Gasteiger charge is 2.46. The summed E-state index contributed by atoms with van der Waals surface area (Å²) < 4.78 is 5.32. The van der Waals surface area contributed by atoms with E-state index < -0.39 is 5.41 Å². The second-order valence-electron chi connectivity index (χ2n) is 8.83. The van der Waals surface area contributed by atoms with Gasteiger partial charge in [-0.1, -0.05) is 91.0 Å². The Bertz CT molecular complexity index is 1440. The maximum Gasteiger partial charge on any atom is 0.119 e. The molecule has 0 spiro atoms. The minimum Gasteiger partial charge on any atom is -0.497 e. The first-order valence-electron chi connectivity index (χ1n) is 11.8. The van der Waals surface area contributed by atoms with E-state index in [-0.39, 0.29) is 0 Å². The number of nitrogens with zero attached hydrogens (tertiary/aromatic N) is 1. The van der Waals surface area contributed by atoms with Crippen LogP contribution in [0.3, 0.4) is 0 Å². The molecule has 6 rings (SSSR count). The molecular weight excluding hydrogens is 428 g/mol. The summed E-state index contributed by atoms with van der Waals surface area (Å²) in [6.07, 6.45) is 0. The third kappa shape index (κ3) is 3.24. The Labute approximate surface area is 206 Å². The fraction of sp³-hybridized carbons (Fsp3) is 0.0625. The van der Waals surface area contributed by atoms with Crippen molar-refractivity contribution in [3.63, 3.8) is 0 Å². The lowest BCUT2D eigenvalue weighted by atomic mass is 9.67. The second-order valence-corrected chi connectivity index (χ2v) is 8.83. The SMILES string of the molecule is COc1ccc(N(N)c2ccc3c(c2)C(c2ccccc2)(c2ccccc2)c2ccccc2-3)cc1. The molecule has 0 bridgehead atoms. The molecule has 0 radical (unpaired) electrons. The first-order valence-corrected chi connectivity index (χ1v) is 11.8. The van der Waals surface area contributed by atoms with E-state index in [1.807, 2.05) is 24.3 Å². The van der Waals surface area contributed by atoms with Gasteiger partial charge in [-0.05, 0) is 69.8 Å². The molecule has 0 atom stereocenters. The van der Waals surface area contributed by atoms with Crippen molar-refractivity contribution >= 4 is 11.4 Å². The number of anilines is 2. The van der Waals surface area contributed by atoms with Crippen molar-refractivity contribution in [1.29, 1.82) is 0 Å². The summed E-state index contributed by atoms with van der Waals surface area (Å²) in [7, 11) is 1.67. The summed E-state index contributed by atoms with van der Waals surface area (Å²) in [6, 6.07) is 44.7. The molecule has 35 heavy (non-hydrogen) atoms. The maximum absolute atomic E-state index is 6.67. The second kappa shape index (κ2) is 8.46. The maximum atomic E-state index is 6.67. The lowest BCUT2D eigenvalue weighted by Gasteiger charge is -2.34. The Hall–Kier alpha value is -4.34. The number of hydrogen-bond acceptors (Lipinski definition) is 3. The van der Waals surface area contributed by atoms with Crippen molar-refractivity contribution in [2.75, 3.05) is 12.1 Å². The topological polar surface area (TPSA) is 38.5 Å². The zero-order valence-electron chi connectivity index (χ0n) is 19.6. The van der Waals surface area contributed by atoms with Crippen molar-refractivity contribution in [2.45, 2.75) is 5.41 Å². The Morgan fingerprint density at radius 2 is 1.11 bits per heavy atom. The van der Waals surface area contributed by atoms with Crippen molar-refractivity contribution in [2.24, 2.45) is 5.84 Å². The number of methoxy groups -OCH3 is 1. The van der Waals surface area contributed by atoms with E-state index in [4.69, 9.17) is 10.6 Å². The smallest absolute Gasteiger partial charge is 0.119 e. The van der Waals surface area contributed by atoms with Gasteiger partial charge in [0.05, 0.1) is 23.9 Å². The summed E-state index contributed by atoms with van der Waals surface area (Å²) in [5.74, 6) is 7.47. The van der Waals surface area contributed by atoms with Crippen molar-refractivity contribution in [3.8, 4) is 16.9 Å². The molecule has 5 aromatic carbocycles. The zero-order valence-corrected chi connectivity index (χ0v) is 19.6. The van der Waals surface area contributed by atoms with Gasteiger partial charge in [0.2, 0.25) is 0 Å². The van der Waals surface area contributed by atoms with Crippen LogP contribution in [0.4, 0.5) is 11.4 Å². The van der Waals surface area contributed by atoms with E-state index >= 15 is 0 Å². The van der Waals surface area contributed by atoms with Crippen LogP contribution in [0, 0.1) is 0 Å². The van der Waals surface area contributed by atoms with E-state index in [0.29, 0.717) is 0 Å². The summed E-state index contributed by atoms with van der Waals surface area (Å²) in [4.78, 5) is 0. The summed E-state index contributed by atoms with van der Waals surface area (Å²) in [6.45, 7) is 0. The van der Waals surface area contributed by atoms with E-state index in [9.17, 15) is 0 Å². The van der Waals surface area contributed by atoms with Crippen LogP contribution in [0.5, 0.6) is 5.75 Å². The first kappa shape index (κ1) is 21.2. The average Bonchev–Trinajstić information content (AvgIpc) is 3.24. The molecule has 0 aliphatic heterocycles. The molecule has 0 fully saturated rings. The Balaban J connectivity index is 1.61. The number of hydrogen-bond donors (Lipinski definition) is 1. The summed E-state index contributed by atoms with van der Waals surface area (Å²) >= 11 is 0. The Morgan fingerprint density at radius 1 is 0.571 bits per heavy atom. The molecule has 0 aromatic heterocycles. The molecule has 1 aliphatic rings. The zero-order chi connectivity index (χ0) is 23.8. The van der Waals surface area contributed by atoms with Crippen molar-refractivity contribution in [3.05, 3.63) is 150 Å². The van der Waals surface area contributed by atoms with Crippen LogP contribution in [0.1, 0.15) is 22.3 Å². The molecule has 5 aromatic rings. The summed E-state index contributed by atoms with van der Waals surface area (Å²) in [5, 5.41) is 1.74. The van der Waals surface area contributed by atoms with Crippen LogP contribution in [0.25, 0.3) is 11.1 Å². The van der Waals surface area contributed by atoms with Crippen LogP contribution in [-0.4, -0.2) is 7.11 Å². The van der Waals surface area contributed by atoms with Gasteiger partial charge >= 0.3 is 0 Å². The Morgan fingerprint density at radius 3 is 1.74 bits per heavy atom. The molecule has 3 nitrogen and oxygen atoms in total. The number of benzene rings is 5. The van der Waals surface area contributed by atoms with Crippen molar-refractivity contribution in [1.82, 2.24) is 0 Å². The molecule has 170 valence electrons. The third-order valence-corrected chi connectivity index (χ3v) is 7.07. The van der Waals surface area contributed by atoms with Gasteiger partial charge in [0.1, 0.15) is 5.75 Å². The van der Waals surface area contributed by atoms with Gasteiger partial charge in [0.15, 0.2) is 0 Å². The summed E-state index contributed by atoms with van der Waals surface area (Å²) in [5.41, 5.74) is 8.88. The molecule has 0 heterocycles. The molecular formula is C32H26N2O. The number of fused-ring (bicyclic) bond motifs is 3. The molecule has 1 aliphatic carbocycles. The molecule has 2 N–H and O–H groups in total. The van der Waals surface area contributed by atoms with E-state index in [0.717, 1.165) is 17.1 Å². The molecule has 3 heteroatoms. The molecule has 0 amide bonds. The predicted molar refractivity (Wildman–Crippen MR) is 143 cm³/mol. The molecule has 0 unspecified atom stereocenters. The van der Waals surface area contributed by atoms with E-state index in [1.54, 1.807) is 12.1 Å². The lowest BCUT2D eigenvalue weighted by molar-refractivity contribution is 0.415. The van der Waals surface area contributed by atoms with Gasteiger partial charge in [-0.15, -0.1) is 0 Å². The average molecular weight is 455 g/mol. The highest BCUT2D eigenvalue weighted by Crippen LogP contribution is 2.56. The largest absolute Gasteiger partial charge is 0.497 e. The fourth-order valence-electron chi connectivity index (χ4n) is 5.47. The van der Waals surface area contributed by atoms with Crippen LogP contribution >= 0.6 is 0 Å². The Kier molecular flexibility index (Phi) is 5.13. The van der Waals surface area contributed by atoms with E-state index in [1.165, 1.54) is 33.4 Å². The van der Waals surface area contributed by atoms with Gasteiger partial charge in [-0.3, -0.25) is 5.01 Å². The highest BCUT2D eigenvalue weighted by molar-refractivity contribution is 5.88. The normalized spacial score (nSPS) is 13.1. The van der Waals surface area contributed by atoms with Crippen LogP contribution < -0.4 is 15.6 Å². The first-order chi connectivity index (χ1) is 17.2. The lowest BCUT2D eigenvalue weighted by Crippen LogP contribution is -2.29. The highest BCUT2D eigenvalue weighted by atomic mass is 16.5. The molecule has 0 saturated heterocycles. The van der Waals surface area contributed by atoms with Gasteiger partial charge in [0, 0.05) is 0 Å². The monoisotopic (exact) mass is 454 g/mol. The van der Waals surface area contributed by atoms with Crippen molar-refractivity contribution < 1.29 is 4.74 Å². The van der Waals surface area contributed by atoms with Gasteiger partial charge in [-0.25, -0.2) is 5.84 Å². The predicted octanol–water partition coefficient (Wildman–Crippen LogP) is 7.07. The van der Waals surface area contributed by atoms with Crippen LogP contribution in [0.15, 0.2) is 127 Å². The standard InChI is InChI=1S/C32H26N2O/c1-35-27-19-16-25(17-20-27)34(33)26-18-21-29-28-14-8-9-15-30(28)32(31(29)22-26,23-10-4-2-5-11-23)24-12-6-3-7-13-24/h2-22H,33H2,1H3. The quantitative estimate of drug-likeness (QED) is 0.224. The fourth-order valence-corrected chi connectivity index (χ4v) is 5.47. The van der Waals surface area contributed by atoms with Gasteiger partial charge < -0.3 is 4.74 Å². The number of hydrazine groups is 1. The third-order valence-electron chi connectivity index (χ3n) is 7.07. The number of ether oxygens (including phenoxy) is 1. The number of nitrogens with two attached hydrogens (primary N) is 1. The van der Waals surface area contributed by atoms with E-state index in [2.05, 4.69) is 103 Å².